The van der Waals surface area contributed by atoms with Crippen LogP contribution in [-0.4, -0.2) is 140 Å². The Kier molecular flexibility index (Phi) is 61.9. The molecule has 12 atom stereocenters. The Morgan fingerprint density at radius 2 is 0.704 bits per heavy atom. The second-order valence-electron chi connectivity index (χ2n) is 27.8. The van der Waals surface area contributed by atoms with E-state index in [9.17, 15) is 45.6 Å². The molecule has 2 heterocycles. The van der Waals surface area contributed by atoms with Gasteiger partial charge in [-0.05, 0) is 83.5 Å². The van der Waals surface area contributed by atoms with Crippen LogP contribution in [0.1, 0.15) is 322 Å². The van der Waals surface area contributed by atoms with Crippen LogP contribution < -0.4 is 5.32 Å². The largest absolute Gasteiger partial charge is 0.394 e. The number of allylic oxidation sites excluding steroid dienone is 18. The molecule has 2 fully saturated rings. The third kappa shape index (κ3) is 49.3. The predicted octanol–water partition coefficient (Wildman–Crippen LogP) is 18.2. The summed E-state index contributed by atoms with van der Waals surface area (Å²) in [5.74, 6) is -0.226. The number of carbonyl (C=O) groups is 1. The van der Waals surface area contributed by atoms with Gasteiger partial charge < -0.3 is 65.1 Å². The van der Waals surface area contributed by atoms with Gasteiger partial charge in [-0.15, -0.1) is 0 Å². The van der Waals surface area contributed by atoms with Crippen LogP contribution in [0.4, 0.5) is 0 Å². The Morgan fingerprint density at radius 3 is 1.08 bits per heavy atom. The van der Waals surface area contributed by atoms with Gasteiger partial charge in [-0.1, -0.05) is 342 Å². The topological polar surface area (TPSA) is 228 Å². The van der Waals surface area contributed by atoms with Crippen LogP contribution in [0.2, 0.25) is 0 Å². The molecule has 14 heteroatoms. The monoisotopic (exact) mass is 1380 g/mol. The number of aliphatic hydroxyl groups excluding tert-OH is 8. The fourth-order valence-corrected chi connectivity index (χ4v) is 12.7. The van der Waals surface area contributed by atoms with Crippen molar-refractivity contribution in [1.29, 1.82) is 0 Å². The average Bonchev–Trinajstić information content (AvgIpc) is 0.793. The van der Waals surface area contributed by atoms with Gasteiger partial charge in [-0.25, -0.2) is 0 Å². The van der Waals surface area contributed by atoms with Gasteiger partial charge in [0.1, 0.15) is 48.8 Å². The molecule has 2 aliphatic rings. The van der Waals surface area contributed by atoms with E-state index in [1.54, 1.807) is 0 Å². The maximum atomic E-state index is 13.4. The highest BCUT2D eigenvalue weighted by atomic mass is 16.7. The first-order valence-electron chi connectivity index (χ1n) is 40.1. The molecular formula is C84H147NO13. The highest BCUT2D eigenvalue weighted by Gasteiger charge is 2.51. The fourth-order valence-electron chi connectivity index (χ4n) is 12.7. The maximum Gasteiger partial charge on any atom is 0.220 e. The van der Waals surface area contributed by atoms with Gasteiger partial charge in [-0.2, -0.15) is 0 Å². The lowest BCUT2D eigenvalue weighted by Crippen LogP contribution is -2.65. The Hall–Kier alpha value is -3.35. The summed E-state index contributed by atoms with van der Waals surface area (Å²) in [5, 5.41) is 87.9. The van der Waals surface area contributed by atoms with Crippen LogP contribution in [0.25, 0.3) is 0 Å². The summed E-state index contributed by atoms with van der Waals surface area (Å²) in [7, 11) is 0. The summed E-state index contributed by atoms with van der Waals surface area (Å²) >= 11 is 0. The van der Waals surface area contributed by atoms with Crippen LogP contribution in [0.3, 0.4) is 0 Å². The maximum absolute atomic E-state index is 13.4. The van der Waals surface area contributed by atoms with Gasteiger partial charge in [-0.3, -0.25) is 4.79 Å². The van der Waals surface area contributed by atoms with Gasteiger partial charge in [0.15, 0.2) is 12.6 Å². The molecule has 2 rings (SSSR count). The lowest BCUT2D eigenvalue weighted by atomic mass is 9.97. The molecule has 0 aliphatic carbocycles. The molecule has 98 heavy (non-hydrogen) atoms. The quantitative estimate of drug-likeness (QED) is 0.0204. The Balaban J connectivity index is 1.64. The molecule has 0 spiro atoms. The molecule has 9 N–H and O–H groups in total. The molecule has 12 unspecified atom stereocenters. The van der Waals surface area contributed by atoms with Crippen molar-refractivity contribution in [2.24, 2.45) is 0 Å². The minimum Gasteiger partial charge on any atom is -0.394 e. The summed E-state index contributed by atoms with van der Waals surface area (Å²) in [6.07, 6.45) is 79.7. The SMILES string of the molecule is CC/C=C\C/C=C\C/C=C\C/C=C\C/C=C\C/C=C\C/C=C\C/C=C\C/C=C\CCCCCCCC(=O)NC(COC1OC(CO)C(OC2OC(CO)C(O)C(O)C2O)C(O)C1O)C(O)CCCCCCCCCCCCCCCCCCCCCCCCCCCCCCCCC. The first-order chi connectivity index (χ1) is 48.1. The Labute approximate surface area is 597 Å². The van der Waals surface area contributed by atoms with Gasteiger partial charge >= 0.3 is 0 Å². The number of amides is 1. The Morgan fingerprint density at radius 1 is 0.378 bits per heavy atom. The van der Waals surface area contributed by atoms with Gasteiger partial charge in [0.25, 0.3) is 0 Å². The van der Waals surface area contributed by atoms with E-state index < -0.39 is 86.8 Å². The molecule has 0 radical (unpaired) electrons. The summed E-state index contributed by atoms with van der Waals surface area (Å²) in [4.78, 5) is 13.4. The molecule has 0 bridgehead atoms. The second-order valence-corrected chi connectivity index (χ2v) is 27.8. The number of hydrogen-bond acceptors (Lipinski definition) is 13. The predicted molar refractivity (Wildman–Crippen MR) is 406 cm³/mol. The normalized spacial score (nSPS) is 22.6. The van der Waals surface area contributed by atoms with Gasteiger partial charge in [0, 0.05) is 6.42 Å². The molecular weight excluding hydrogens is 1230 g/mol. The van der Waals surface area contributed by atoms with Crippen LogP contribution in [0.15, 0.2) is 109 Å². The highest BCUT2D eigenvalue weighted by Crippen LogP contribution is 2.30. The van der Waals surface area contributed by atoms with E-state index in [0.29, 0.717) is 12.8 Å². The van der Waals surface area contributed by atoms with Crippen molar-refractivity contribution in [2.75, 3.05) is 19.8 Å². The first-order valence-corrected chi connectivity index (χ1v) is 40.1. The fraction of sp³-hybridized carbons (Fsp3) is 0.774. The van der Waals surface area contributed by atoms with E-state index in [2.05, 4.69) is 129 Å². The molecule has 1 amide bonds. The molecule has 14 nitrogen and oxygen atoms in total. The van der Waals surface area contributed by atoms with E-state index in [0.717, 1.165) is 116 Å². The van der Waals surface area contributed by atoms with Crippen molar-refractivity contribution in [3.05, 3.63) is 109 Å². The molecule has 2 saturated heterocycles. The van der Waals surface area contributed by atoms with Crippen LogP contribution in [0.5, 0.6) is 0 Å². The first kappa shape index (κ1) is 90.7. The molecule has 0 saturated carbocycles. The number of hydrogen-bond donors (Lipinski definition) is 9. The molecule has 0 aromatic carbocycles. The number of unbranched alkanes of at least 4 members (excludes halogenated alkanes) is 35. The second kappa shape index (κ2) is 66.9. The van der Waals surface area contributed by atoms with Crippen molar-refractivity contribution >= 4 is 5.91 Å². The lowest BCUT2D eigenvalue weighted by Gasteiger charge is -2.46. The number of ether oxygens (including phenoxy) is 4. The smallest absolute Gasteiger partial charge is 0.220 e. The van der Waals surface area contributed by atoms with Crippen molar-refractivity contribution in [2.45, 2.75) is 396 Å². The zero-order valence-electron chi connectivity index (χ0n) is 62.0. The summed E-state index contributed by atoms with van der Waals surface area (Å²) in [5.41, 5.74) is 0. The van der Waals surface area contributed by atoms with E-state index in [4.69, 9.17) is 18.9 Å². The average molecular weight is 1380 g/mol. The van der Waals surface area contributed by atoms with E-state index in [-0.39, 0.29) is 18.9 Å². The van der Waals surface area contributed by atoms with Crippen molar-refractivity contribution in [3.8, 4) is 0 Å². The Bertz CT molecular complexity index is 2070. The molecule has 2 aliphatic heterocycles. The minimum atomic E-state index is -1.79. The third-order valence-corrected chi connectivity index (χ3v) is 19.0. The van der Waals surface area contributed by atoms with Crippen LogP contribution in [0, 0.1) is 0 Å². The van der Waals surface area contributed by atoms with Gasteiger partial charge in [0.2, 0.25) is 5.91 Å². The highest BCUT2D eigenvalue weighted by molar-refractivity contribution is 5.76. The minimum absolute atomic E-state index is 0.226. The van der Waals surface area contributed by atoms with Crippen molar-refractivity contribution < 1.29 is 64.6 Å². The van der Waals surface area contributed by atoms with Crippen molar-refractivity contribution in [3.63, 3.8) is 0 Å². The number of rotatable bonds is 66. The number of nitrogens with one attached hydrogen (secondary N) is 1. The summed E-state index contributed by atoms with van der Waals surface area (Å²) in [6, 6.07) is -0.850. The zero-order chi connectivity index (χ0) is 70.8. The molecule has 0 aromatic rings. The zero-order valence-corrected chi connectivity index (χ0v) is 62.0. The van der Waals surface area contributed by atoms with Crippen LogP contribution >= 0.6 is 0 Å². The molecule has 0 aromatic heterocycles. The summed E-state index contributed by atoms with van der Waals surface area (Å²) < 4.78 is 23.0. The van der Waals surface area contributed by atoms with E-state index >= 15 is 0 Å². The van der Waals surface area contributed by atoms with Crippen LogP contribution in [-0.2, 0) is 23.7 Å². The third-order valence-electron chi connectivity index (χ3n) is 19.0. The van der Waals surface area contributed by atoms with E-state index in [1.807, 2.05) is 0 Å². The number of carbonyl (C=O) groups excluding carboxylic acids is 1. The number of aliphatic hydroxyl groups is 8. The van der Waals surface area contributed by atoms with Gasteiger partial charge in [0.05, 0.1) is 32.0 Å². The van der Waals surface area contributed by atoms with E-state index in [1.165, 1.54) is 173 Å². The standard InChI is InChI=1S/C84H147NO13/c1-3-5-7-9-11-13-15-17-19-21-23-25-27-29-31-33-35-36-38-40-42-44-46-48-50-52-54-56-58-60-62-64-66-68-76(89)85-72(71-95-83-81(94)79(92)82(75(70-87)97-83)98-84-80(93)78(91)77(90)74(69-86)96-84)73(88)67-65-63-61-59-57-55-53-51-49-47-45-43-41-39-37-34-32-30-28-26-24-22-20-18-16-14-12-10-8-6-4-2/h5,7,11,13,17,19,23,25,29,31,35-36,40,42,46,48,52,54,72-75,77-84,86-88,90-94H,3-4,6,8-10,12,14-16,18,20-22,24,26-28,30,32-34,37-39,41,43-45,47,49-51,53,55-71H2,1-2H3,(H,85,89)/b7-5-,13-11-,19-17-,25-23-,31-29-,36-35-,42-40-,48-46-,54-52-. The summed E-state index contributed by atoms with van der Waals surface area (Å²) in [6.45, 7) is 2.77. The van der Waals surface area contributed by atoms with Crippen molar-refractivity contribution in [1.82, 2.24) is 5.32 Å². The molecule has 566 valence electrons. The lowest BCUT2D eigenvalue weighted by molar-refractivity contribution is -0.359.